The Morgan fingerprint density at radius 3 is 2.12 bits per heavy atom. The molecule has 0 N–H and O–H groups in total. The van der Waals surface area contributed by atoms with Crippen LogP contribution in [0.5, 0.6) is 0 Å². The van der Waals surface area contributed by atoms with Crippen molar-refractivity contribution in [1.29, 1.82) is 0 Å². The zero-order chi connectivity index (χ0) is 17.7. The van der Waals surface area contributed by atoms with Gasteiger partial charge in [-0.05, 0) is 37.8 Å². The maximum atomic E-state index is 12.0. The molecule has 1 saturated carbocycles. The van der Waals surface area contributed by atoms with Gasteiger partial charge in [-0.3, -0.25) is 9.59 Å². The lowest BCUT2D eigenvalue weighted by atomic mass is 10.1. The van der Waals surface area contributed by atoms with Gasteiger partial charge in [-0.2, -0.15) is 0 Å². The molecule has 0 saturated heterocycles. The van der Waals surface area contributed by atoms with Gasteiger partial charge in [-0.15, -0.1) is 0 Å². The monoisotopic (exact) mass is 350 g/mol. The quantitative estimate of drug-likeness (QED) is 0.681. The highest BCUT2D eigenvalue weighted by Crippen LogP contribution is 2.19. The van der Waals surface area contributed by atoms with Gasteiger partial charge in [-0.1, -0.05) is 38.5 Å². The predicted molar refractivity (Wildman–Crippen MR) is 93.8 cm³/mol. The van der Waals surface area contributed by atoms with E-state index in [0.717, 1.165) is 25.7 Å². The Bertz CT molecular complexity index is 482. The summed E-state index contributed by atoms with van der Waals surface area (Å²) < 4.78 is 15.8. The number of esters is 2. The first kappa shape index (κ1) is 19.5. The van der Waals surface area contributed by atoms with E-state index in [0.29, 0.717) is 5.76 Å². The predicted octanol–water partition coefficient (Wildman–Crippen LogP) is 4.93. The molecule has 5 nitrogen and oxygen atoms in total. The second kappa shape index (κ2) is 11.7. The van der Waals surface area contributed by atoms with Crippen LogP contribution in [0.15, 0.2) is 22.8 Å². The number of hydrogen-bond donors (Lipinski definition) is 0. The van der Waals surface area contributed by atoms with Gasteiger partial charge in [0.25, 0.3) is 0 Å². The molecule has 0 atom stereocenters. The first-order valence-electron chi connectivity index (χ1n) is 9.61. The fraction of sp³-hybridized carbons (Fsp3) is 0.700. The van der Waals surface area contributed by atoms with Crippen LogP contribution in [0.1, 0.15) is 82.8 Å². The standard InChI is InChI=1S/C20H30O5/c21-19(24-16-18-12-9-15-23-18)13-14-20(22)25-17-10-7-5-3-1-2-4-6-8-11-17/h9,12,15,17H,1-8,10-11,13-14,16H2. The van der Waals surface area contributed by atoms with E-state index in [1.807, 2.05) is 0 Å². The highest BCUT2D eigenvalue weighted by molar-refractivity contribution is 5.77. The summed E-state index contributed by atoms with van der Waals surface area (Å²) in [6, 6.07) is 3.48. The molecule has 0 aliphatic heterocycles. The fourth-order valence-electron chi connectivity index (χ4n) is 3.13. The number of carbonyl (C=O) groups is 2. The van der Waals surface area contributed by atoms with Gasteiger partial charge in [0, 0.05) is 0 Å². The van der Waals surface area contributed by atoms with Crippen molar-refractivity contribution < 1.29 is 23.5 Å². The van der Waals surface area contributed by atoms with Crippen molar-refractivity contribution in [2.24, 2.45) is 0 Å². The van der Waals surface area contributed by atoms with E-state index in [9.17, 15) is 9.59 Å². The Hall–Kier alpha value is -1.78. The summed E-state index contributed by atoms with van der Waals surface area (Å²) in [7, 11) is 0. The van der Waals surface area contributed by atoms with E-state index < -0.39 is 5.97 Å². The molecule has 1 aliphatic rings. The molecule has 0 radical (unpaired) electrons. The molecule has 5 heteroatoms. The fourth-order valence-corrected chi connectivity index (χ4v) is 3.13. The molecule has 0 unspecified atom stereocenters. The number of carbonyl (C=O) groups excluding carboxylic acids is 2. The van der Waals surface area contributed by atoms with E-state index in [1.54, 1.807) is 12.1 Å². The zero-order valence-corrected chi connectivity index (χ0v) is 15.0. The Balaban J connectivity index is 1.63. The summed E-state index contributed by atoms with van der Waals surface area (Å²) in [4.78, 5) is 23.7. The number of furan rings is 1. The third kappa shape index (κ3) is 8.75. The molecule has 25 heavy (non-hydrogen) atoms. The molecule has 1 aromatic rings. The minimum Gasteiger partial charge on any atom is -0.466 e. The van der Waals surface area contributed by atoms with Crippen LogP contribution >= 0.6 is 0 Å². The smallest absolute Gasteiger partial charge is 0.306 e. The van der Waals surface area contributed by atoms with Crippen LogP contribution < -0.4 is 0 Å². The van der Waals surface area contributed by atoms with Crippen LogP contribution in [0.3, 0.4) is 0 Å². The number of ether oxygens (including phenoxy) is 2. The van der Waals surface area contributed by atoms with Gasteiger partial charge in [0.2, 0.25) is 0 Å². The van der Waals surface area contributed by atoms with Crippen LogP contribution in [0.4, 0.5) is 0 Å². The third-order valence-corrected chi connectivity index (χ3v) is 4.59. The van der Waals surface area contributed by atoms with Crippen LogP contribution in [-0.4, -0.2) is 18.0 Å². The third-order valence-electron chi connectivity index (χ3n) is 4.59. The summed E-state index contributed by atoms with van der Waals surface area (Å²) >= 11 is 0. The summed E-state index contributed by atoms with van der Waals surface area (Å²) in [5.41, 5.74) is 0. The van der Waals surface area contributed by atoms with Gasteiger partial charge >= 0.3 is 11.9 Å². The Kier molecular flexibility index (Phi) is 9.16. The second-order valence-corrected chi connectivity index (χ2v) is 6.76. The Morgan fingerprint density at radius 1 is 0.920 bits per heavy atom. The summed E-state index contributed by atoms with van der Waals surface area (Å²) in [6.45, 7) is 0.101. The van der Waals surface area contributed by atoms with Crippen molar-refractivity contribution >= 4 is 11.9 Å². The Morgan fingerprint density at radius 2 is 1.52 bits per heavy atom. The molecular weight excluding hydrogens is 320 g/mol. The lowest BCUT2D eigenvalue weighted by Gasteiger charge is -2.17. The van der Waals surface area contributed by atoms with Crippen LogP contribution in [0, 0.1) is 0 Å². The van der Waals surface area contributed by atoms with E-state index in [4.69, 9.17) is 13.9 Å². The van der Waals surface area contributed by atoms with Crippen LogP contribution in [0.2, 0.25) is 0 Å². The van der Waals surface area contributed by atoms with E-state index >= 15 is 0 Å². The van der Waals surface area contributed by atoms with Crippen molar-refractivity contribution in [3.05, 3.63) is 24.2 Å². The van der Waals surface area contributed by atoms with Crippen molar-refractivity contribution in [2.75, 3.05) is 0 Å². The number of hydrogen-bond acceptors (Lipinski definition) is 5. The molecule has 1 aromatic heterocycles. The summed E-state index contributed by atoms with van der Waals surface area (Å²) in [6.07, 6.45) is 13.4. The van der Waals surface area contributed by atoms with Crippen molar-refractivity contribution in [1.82, 2.24) is 0 Å². The Labute approximate surface area is 150 Å². The average Bonchev–Trinajstić information content (AvgIpc) is 3.10. The van der Waals surface area contributed by atoms with Crippen molar-refractivity contribution in [3.63, 3.8) is 0 Å². The van der Waals surface area contributed by atoms with E-state index in [2.05, 4.69) is 0 Å². The molecule has 2 rings (SSSR count). The first-order valence-corrected chi connectivity index (χ1v) is 9.61. The maximum Gasteiger partial charge on any atom is 0.306 e. The molecule has 1 heterocycles. The molecule has 0 aromatic carbocycles. The average molecular weight is 350 g/mol. The van der Waals surface area contributed by atoms with Crippen LogP contribution in [0.25, 0.3) is 0 Å². The maximum absolute atomic E-state index is 12.0. The van der Waals surface area contributed by atoms with E-state index in [1.165, 1.54) is 44.8 Å². The van der Waals surface area contributed by atoms with Gasteiger partial charge in [0.05, 0.1) is 19.1 Å². The largest absolute Gasteiger partial charge is 0.466 e. The molecule has 0 spiro atoms. The zero-order valence-electron chi connectivity index (χ0n) is 15.0. The van der Waals surface area contributed by atoms with Gasteiger partial charge in [-0.25, -0.2) is 0 Å². The second-order valence-electron chi connectivity index (χ2n) is 6.76. The molecule has 140 valence electrons. The van der Waals surface area contributed by atoms with Crippen LogP contribution in [-0.2, 0) is 25.7 Å². The highest BCUT2D eigenvalue weighted by Gasteiger charge is 2.16. The minimum atomic E-state index is -0.407. The van der Waals surface area contributed by atoms with Crippen molar-refractivity contribution in [2.45, 2.75) is 89.8 Å². The first-order chi connectivity index (χ1) is 12.2. The SMILES string of the molecule is O=C(CCC(=O)OC1CCCCCCCCCC1)OCc1ccco1. The summed E-state index contributed by atoms with van der Waals surface area (Å²) in [5, 5.41) is 0. The molecule has 1 aliphatic carbocycles. The molecule has 0 amide bonds. The summed E-state index contributed by atoms with van der Waals surface area (Å²) in [5.74, 6) is -0.112. The van der Waals surface area contributed by atoms with Gasteiger partial charge in [0.15, 0.2) is 0 Å². The topological polar surface area (TPSA) is 65.7 Å². The lowest BCUT2D eigenvalue weighted by molar-refractivity contribution is -0.154. The van der Waals surface area contributed by atoms with Crippen molar-refractivity contribution in [3.8, 4) is 0 Å². The van der Waals surface area contributed by atoms with Gasteiger partial charge < -0.3 is 13.9 Å². The van der Waals surface area contributed by atoms with Gasteiger partial charge in [0.1, 0.15) is 18.5 Å². The molecule has 0 bridgehead atoms. The molecular formula is C20H30O5. The molecule has 1 fully saturated rings. The minimum absolute atomic E-state index is 0.00439. The number of rotatable bonds is 6. The lowest BCUT2D eigenvalue weighted by Crippen LogP contribution is -2.19. The normalized spacial score (nSPS) is 17.4. The highest BCUT2D eigenvalue weighted by atomic mass is 16.5. The van der Waals surface area contributed by atoms with E-state index in [-0.39, 0.29) is 31.5 Å².